The number of benzene rings is 1. The molecule has 1 heterocycles. The van der Waals surface area contributed by atoms with E-state index >= 15 is 0 Å². The Morgan fingerprint density at radius 1 is 1.35 bits per heavy atom. The molecular formula is C16H16N2O2. The van der Waals surface area contributed by atoms with Crippen LogP contribution in [0.1, 0.15) is 28.0 Å². The van der Waals surface area contributed by atoms with E-state index in [1.807, 2.05) is 6.07 Å². The summed E-state index contributed by atoms with van der Waals surface area (Å²) in [5, 5.41) is 13.6. The number of allylic oxidation sites excluding steroid dienone is 1. The number of aryl methyl sites for hydroxylation is 2. The van der Waals surface area contributed by atoms with Gasteiger partial charge < -0.3 is 5.11 Å². The quantitative estimate of drug-likeness (QED) is 0.867. The number of aromatic nitrogens is 2. The Hall–Kier alpha value is -2.36. The summed E-state index contributed by atoms with van der Waals surface area (Å²) >= 11 is 0. The molecule has 0 unspecified atom stereocenters. The van der Waals surface area contributed by atoms with Crippen LogP contribution in [-0.4, -0.2) is 20.9 Å². The Balaban J connectivity index is 2.03. The van der Waals surface area contributed by atoms with Crippen molar-refractivity contribution in [2.24, 2.45) is 0 Å². The first-order valence-electron chi connectivity index (χ1n) is 6.73. The van der Waals surface area contributed by atoms with Gasteiger partial charge in [-0.3, -0.25) is 4.68 Å². The van der Waals surface area contributed by atoms with Gasteiger partial charge in [-0.1, -0.05) is 18.2 Å². The Morgan fingerprint density at radius 2 is 2.15 bits per heavy atom. The Bertz CT molecular complexity index is 686. The Morgan fingerprint density at radius 3 is 2.90 bits per heavy atom. The second-order valence-corrected chi connectivity index (χ2v) is 5.03. The van der Waals surface area contributed by atoms with E-state index in [1.165, 1.54) is 22.2 Å². The molecule has 3 rings (SSSR count). The highest BCUT2D eigenvalue weighted by Crippen LogP contribution is 2.27. The maximum Gasteiger partial charge on any atom is 0.354 e. The van der Waals surface area contributed by atoms with E-state index in [9.17, 15) is 9.90 Å². The second kappa shape index (κ2) is 4.96. The summed E-state index contributed by atoms with van der Waals surface area (Å²) in [5.41, 5.74) is 4.64. The fourth-order valence-corrected chi connectivity index (χ4v) is 2.72. The van der Waals surface area contributed by atoms with Crippen LogP contribution in [0.25, 0.3) is 11.3 Å². The van der Waals surface area contributed by atoms with Crippen molar-refractivity contribution in [3.63, 3.8) is 0 Å². The molecule has 0 amide bonds. The molecule has 1 N–H and O–H groups in total. The molecule has 0 bridgehead atoms. The van der Waals surface area contributed by atoms with Crippen LogP contribution >= 0.6 is 0 Å². The van der Waals surface area contributed by atoms with E-state index in [2.05, 4.69) is 23.8 Å². The summed E-state index contributed by atoms with van der Waals surface area (Å²) in [6.07, 6.45) is 5.08. The topological polar surface area (TPSA) is 55.1 Å². The van der Waals surface area contributed by atoms with E-state index in [0.717, 1.165) is 18.4 Å². The van der Waals surface area contributed by atoms with Gasteiger partial charge in [0.25, 0.3) is 0 Å². The lowest BCUT2D eigenvalue weighted by Crippen LogP contribution is -2.08. The SMILES string of the molecule is C=CCn1nc(-c2ccc3c(c2)CCC3)cc1C(=O)O. The highest BCUT2D eigenvalue weighted by molar-refractivity contribution is 5.87. The molecule has 0 saturated heterocycles. The van der Waals surface area contributed by atoms with Gasteiger partial charge in [0.2, 0.25) is 0 Å². The van der Waals surface area contributed by atoms with Crippen LogP contribution in [-0.2, 0) is 19.4 Å². The van der Waals surface area contributed by atoms with Gasteiger partial charge in [-0.25, -0.2) is 4.79 Å². The third kappa shape index (κ3) is 2.13. The van der Waals surface area contributed by atoms with E-state index in [0.29, 0.717) is 12.2 Å². The van der Waals surface area contributed by atoms with Gasteiger partial charge in [0.1, 0.15) is 5.69 Å². The van der Waals surface area contributed by atoms with Gasteiger partial charge in [-0.05, 0) is 42.5 Å². The van der Waals surface area contributed by atoms with Gasteiger partial charge in [-0.15, -0.1) is 6.58 Å². The predicted molar refractivity (Wildman–Crippen MR) is 76.8 cm³/mol. The molecule has 102 valence electrons. The molecule has 0 spiro atoms. The number of carboxylic acids is 1. The minimum Gasteiger partial charge on any atom is -0.477 e. The molecule has 1 aromatic heterocycles. The Kier molecular flexibility index (Phi) is 3.14. The van der Waals surface area contributed by atoms with Crippen LogP contribution in [0.2, 0.25) is 0 Å². The average Bonchev–Trinajstić information content (AvgIpc) is 3.04. The zero-order chi connectivity index (χ0) is 14.1. The van der Waals surface area contributed by atoms with E-state index in [1.54, 1.807) is 12.1 Å². The van der Waals surface area contributed by atoms with Crippen molar-refractivity contribution in [1.82, 2.24) is 9.78 Å². The van der Waals surface area contributed by atoms with Crippen molar-refractivity contribution in [3.05, 3.63) is 53.7 Å². The molecule has 2 aromatic rings. The summed E-state index contributed by atoms with van der Waals surface area (Å²) in [7, 11) is 0. The highest BCUT2D eigenvalue weighted by atomic mass is 16.4. The molecule has 0 atom stereocenters. The van der Waals surface area contributed by atoms with E-state index < -0.39 is 5.97 Å². The lowest BCUT2D eigenvalue weighted by atomic mass is 10.0. The maximum atomic E-state index is 11.2. The van der Waals surface area contributed by atoms with Gasteiger partial charge in [0, 0.05) is 5.56 Å². The van der Waals surface area contributed by atoms with Crippen LogP contribution in [0.15, 0.2) is 36.9 Å². The third-order valence-electron chi connectivity index (χ3n) is 3.70. The van der Waals surface area contributed by atoms with Crippen molar-refractivity contribution in [2.45, 2.75) is 25.8 Å². The van der Waals surface area contributed by atoms with Crippen molar-refractivity contribution in [1.29, 1.82) is 0 Å². The van der Waals surface area contributed by atoms with Crippen LogP contribution in [0.5, 0.6) is 0 Å². The fraction of sp³-hybridized carbons (Fsp3) is 0.250. The molecule has 0 saturated carbocycles. The van der Waals surface area contributed by atoms with Crippen molar-refractivity contribution in [2.75, 3.05) is 0 Å². The molecular weight excluding hydrogens is 252 g/mol. The first kappa shape index (κ1) is 12.7. The third-order valence-corrected chi connectivity index (χ3v) is 3.70. The monoisotopic (exact) mass is 268 g/mol. The summed E-state index contributed by atoms with van der Waals surface area (Å²) in [4.78, 5) is 11.2. The molecule has 0 aliphatic heterocycles. The van der Waals surface area contributed by atoms with Crippen LogP contribution < -0.4 is 0 Å². The smallest absolute Gasteiger partial charge is 0.354 e. The van der Waals surface area contributed by atoms with Gasteiger partial charge in [0.05, 0.1) is 12.2 Å². The van der Waals surface area contributed by atoms with Crippen LogP contribution in [0.4, 0.5) is 0 Å². The van der Waals surface area contributed by atoms with E-state index in [4.69, 9.17) is 0 Å². The van der Waals surface area contributed by atoms with Gasteiger partial charge in [0.15, 0.2) is 0 Å². The molecule has 4 nitrogen and oxygen atoms in total. The van der Waals surface area contributed by atoms with E-state index in [-0.39, 0.29) is 5.69 Å². The number of hydrogen-bond acceptors (Lipinski definition) is 2. The number of fused-ring (bicyclic) bond motifs is 1. The summed E-state index contributed by atoms with van der Waals surface area (Å²) < 4.78 is 1.47. The number of rotatable bonds is 4. The first-order chi connectivity index (χ1) is 9.69. The summed E-state index contributed by atoms with van der Waals surface area (Å²) in [5.74, 6) is -0.966. The van der Waals surface area contributed by atoms with Crippen LogP contribution in [0.3, 0.4) is 0 Å². The van der Waals surface area contributed by atoms with Gasteiger partial charge >= 0.3 is 5.97 Å². The largest absolute Gasteiger partial charge is 0.477 e. The molecule has 0 radical (unpaired) electrons. The van der Waals surface area contributed by atoms with Gasteiger partial charge in [-0.2, -0.15) is 5.10 Å². The minimum absolute atomic E-state index is 0.195. The molecule has 0 fully saturated rings. The molecule has 20 heavy (non-hydrogen) atoms. The summed E-state index contributed by atoms with van der Waals surface area (Å²) in [6, 6.07) is 7.91. The number of aromatic carboxylic acids is 1. The number of carboxylic acid groups (broad SMARTS) is 1. The van der Waals surface area contributed by atoms with Crippen molar-refractivity contribution >= 4 is 5.97 Å². The fourth-order valence-electron chi connectivity index (χ4n) is 2.72. The average molecular weight is 268 g/mol. The lowest BCUT2D eigenvalue weighted by molar-refractivity contribution is 0.0684. The molecule has 1 aliphatic carbocycles. The standard InChI is InChI=1S/C16H16N2O2/c1-2-8-18-15(16(19)20)10-14(17-18)13-7-6-11-4-3-5-12(11)9-13/h2,6-7,9-10H,1,3-5,8H2,(H,19,20). The molecule has 4 heteroatoms. The van der Waals surface area contributed by atoms with Crippen LogP contribution in [0, 0.1) is 0 Å². The van der Waals surface area contributed by atoms with Crippen molar-refractivity contribution in [3.8, 4) is 11.3 Å². The maximum absolute atomic E-state index is 11.2. The second-order valence-electron chi connectivity index (χ2n) is 5.03. The lowest BCUT2D eigenvalue weighted by Gasteiger charge is -2.02. The number of hydrogen-bond donors (Lipinski definition) is 1. The number of nitrogens with zero attached hydrogens (tertiary/aromatic N) is 2. The first-order valence-corrected chi connectivity index (χ1v) is 6.73. The Labute approximate surface area is 117 Å². The predicted octanol–water partition coefficient (Wildman–Crippen LogP) is 2.92. The summed E-state index contributed by atoms with van der Waals surface area (Å²) in [6.45, 7) is 4.03. The zero-order valence-corrected chi connectivity index (χ0v) is 11.2. The normalized spacial score (nSPS) is 13.2. The molecule has 1 aliphatic rings. The highest BCUT2D eigenvalue weighted by Gasteiger charge is 2.16. The van der Waals surface area contributed by atoms with Crippen molar-refractivity contribution < 1.29 is 9.90 Å². The zero-order valence-electron chi connectivity index (χ0n) is 11.2. The minimum atomic E-state index is -0.966. The molecule has 1 aromatic carbocycles. The number of carbonyl (C=O) groups is 1.